The van der Waals surface area contributed by atoms with Gasteiger partial charge in [0.2, 0.25) is 17.7 Å². The molecule has 6 rings (SSSR count). The van der Waals surface area contributed by atoms with Gasteiger partial charge in [-0.25, -0.2) is 4.98 Å². The summed E-state index contributed by atoms with van der Waals surface area (Å²) in [5.41, 5.74) is 6.39. The number of nitrogens with one attached hydrogen (secondary N) is 2. The van der Waals surface area contributed by atoms with Crippen LogP contribution in [0.25, 0.3) is 33.6 Å². The fraction of sp³-hybridized carbons (Fsp3) is 0.400. The van der Waals surface area contributed by atoms with E-state index in [-0.39, 0.29) is 11.8 Å². The summed E-state index contributed by atoms with van der Waals surface area (Å²) in [6, 6.07) is 18.4. The maximum absolute atomic E-state index is 11.7. The molecule has 0 unspecified atom stereocenters. The molecule has 52 heavy (non-hydrogen) atoms. The van der Waals surface area contributed by atoms with Crippen LogP contribution in [-0.4, -0.2) is 84.1 Å². The van der Waals surface area contributed by atoms with Crippen LogP contribution in [0.3, 0.4) is 0 Å². The summed E-state index contributed by atoms with van der Waals surface area (Å²) in [4.78, 5) is 36.7. The van der Waals surface area contributed by atoms with Crippen LogP contribution in [0.2, 0.25) is 10.0 Å². The second-order valence-electron chi connectivity index (χ2n) is 13.4. The highest BCUT2D eigenvalue weighted by atomic mass is 35.5. The van der Waals surface area contributed by atoms with Gasteiger partial charge < -0.3 is 29.9 Å². The van der Waals surface area contributed by atoms with Crippen molar-refractivity contribution >= 4 is 35.0 Å². The van der Waals surface area contributed by atoms with Crippen molar-refractivity contribution in [2.45, 2.75) is 64.7 Å². The average molecular weight is 746 g/mol. The molecule has 2 fully saturated rings. The van der Waals surface area contributed by atoms with Gasteiger partial charge in [-0.1, -0.05) is 59.6 Å². The summed E-state index contributed by atoms with van der Waals surface area (Å²) >= 11 is 14.2. The summed E-state index contributed by atoms with van der Waals surface area (Å²) in [7, 11) is 3.29. The topological polar surface area (TPSA) is 109 Å². The van der Waals surface area contributed by atoms with Gasteiger partial charge in [-0.15, -0.1) is 0 Å². The maximum Gasteiger partial charge on any atom is 0.219 e. The van der Waals surface area contributed by atoms with Crippen molar-refractivity contribution in [1.29, 1.82) is 0 Å². The van der Waals surface area contributed by atoms with Gasteiger partial charge in [-0.05, 0) is 43.9 Å². The van der Waals surface area contributed by atoms with Crippen LogP contribution < -0.4 is 20.1 Å². The van der Waals surface area contributed by atoms with E-state index < -0.39 is 0 Å². The Kier molecular flexibility index (Phi) is 12.3. The zero-order valence-electron chi connectivity index (χ0n) is 30.2. The first-order chi connectivity index (χ1) is 25.2. The molecular weight excluding hydrogens is 699 g/mol. The number of aromatic nitrogens is 2. The number of carbonyl (C=O) groups excluding carboxylic acids is 2. The minimum atomic E-state index is 0.129. The molecule has 0 radical (unpaired) electrons. The lowest BCUT2D eigenvalue weighted by molar-refractivity contribution is -0.130. The standard InChI is InChI=1S/C40H46Cl2N6O4/c1-25(49)47-18-13-30(14-19-47)44-23-28-9-8-27(22-36(28)51-3)39-38(42)33(12-17-43-39)32-6-5-7-34(37(32)41)35-11-10-29(40(46-35)52-4)24-45-31-15-20-48(21-16-31)26(2)50/h5-12,17,22,30-31,44-45H,13-16,18-21,23-24H2,1-4H3. The van der Waals surface area contributed by atoms with Crippen LogP contribution in [-0.2, 0) is 22.7 Å². The van der Waals surface area contributed by atoms with Crippen molar-refractivity contribution in [2.75, 3.05) is 40.4 Å². The van der Waals surface area contributed by atoms with E-state index >= 15 is 0 Å². The Balaban J connectivity index is 1.18. The van der Waals surface area contributed by atoms with E-state index in [4.69, 9.17) is 37.7 Å². The van der Waals surface area contributed by atoms with Crippen LogP contribution >= 0.6 is 23.2 Å². The molecule has 0 bridgehead atoms. The van der Waals surface area contributed by atoms with Crippen molar-refractivity contribution in [2.24, 2.45) is 0 Å². The lowest BCUT2D eigenvalue weighted by Gasteiger charge is -2.32. The van der Waals surface area contributed by atoms with Crippen molar-refractivity contribution in [1.82, 2.24) is 30.4 Å². The number of hydrogen-bond acceptors (Lipinski definition) is 8. The van der Waals surface area contributed by atoms with E-state index in [2.05, 4.69) is 15.6 Å². The fourth-order valence-electron chi connectivity index (χ4n) is 7.06. The summed E-state index contributed by atoms with van der Waals surface area (Å²) in [5, 5.41) is 8.24. The quantitative estimate of drug-likeness (QED) is 0.169. The molecule has 2 aliphatic rings. The lowest BCUT2D eigenvalue weighted by Crippen LogP contribution is -2.44. The number of carbonyl (C=O) groups is 2. The highest BCUT2D eigenvalue weighted by molar-refractivity contribution is 6.39. The summed E-state index contributed by atoms with van der Waals surface area (Å²) in [6.45, 7) is 7.58. The third-order valence-corrected chi connectivity index (χ3v) is 11.0. The van der Waals surface area contributed by atoms with E-state index in [1.807, 2.05) is 64.4 Å². The number of piperidine rings is 2. The van der Waals surface area contributed by atoms with E-state index in [1.54, 1.807) is 34.3 Å². The van der Waals surface area contributed by atoms with Crippen LogP contribution in [0.15, 0.2) is 60.8 Å². The molecule has 2 aliphatic heterocycles. The Bertz CT molecular complexity index is 1770. The molecule has 10 nitrogen and oxygen atoms in total. The first-order valence-corrected chi connectivity index (χ1v) is 18.5. The van der Waals surface area contributed by atoms with E-state index in [9.17, 15) is 9.59 Å². The Morgan fingerprint density at radius 1 is 0.750 bits per heavy atom. The van der Waals surface area contributed by atoms with Crippen LogP contribution in [0.4, 0.5) is 0 Å². The monoisotopic (exact) mass is 744 g/mol. The van der Waals surface area contributed by atoms with Gasteiger partial charge in [0.05, 0.1) is 35.7 Å². The molecule has 0 aliphatic carbocycles. The first-order valence-electron chi connectivity index (χ1n) is 17.8. The maximum atomic E-state index is 11.7. The van der Waals surface area contributed by atoms with E-state index in [0.29, 0.717) is 52.5 Å². The SMILES string of the molecule is COc1cc(-c2nccc(-c3cccc(-c4ccc(CNC5CCN(C(C)=O)CC5)c(OC)n4)c3Cl)c2Cl)ccc1CNC1CCN(C(C)=O)CC1. The zero-order valence-corrected chi connectivity index (χ0v) is 31.7. The molecule has 2 amide bonds. The van der Waals surface area contributed by atoms with Gasteiger partial charge in [-0.3, -0.25) is 14.6 Å². The van der Waals surface area contributed by atoms with Crippen molar-refractivity contribution in [3.8, 4) is 45.3 Å². The van der Waals surface area contributed by atoms with Gasteiger partial charge in [0.15, 0.2) is 0 Å². The number of nitrogens with zero attached hydrogens (tertiary/aromatic N) is 4. The Morgan fingerprint density at radius 2 is 1.33 bits per heavy atom. The molecule has 2 N–H and O–H groups in total. The molecule has 2 aromatic carbocycles. The van der Waals surface area contributed by atoms with Crippen molar-refractivity contribution < 1.29 is 19.1 Å². The number of pyridine rings is 2. The normalized spacial score (nSPS) is 15.5. The number of ether oxygens (including phenoxy) is 2. The zero-order chi connectivity index (χ0) is 36.8. The molecule has 4 heterocycles. The van der Waals surface area contributed by atoms with Crippen LogP contribution in [0.1, 0.15) is 50.7 Å². The molecular formula is C40H46Cl2N6O4. The minimum Gasteiger partial charge on any atom is -0.496 e. The van der Waals surface area contributed by atoms with Gasteiger partial charge in [0.1, 0.15) is 5.75 Å². The number of halogens is 2. The Morgan fingerprint density at radius 3 is 1.92 bits per heavy atom. The Hall–Kier alpha value is -4.22. The summed E-state index contributed by atoms with van der Waals surface area (Å²) in [5.74, 6) is 1.54. The molecule has 4 aromatic rings. The summed E-state index contributed by atoms with van der Waals surface area (Å²) in [6.07, 6.45) is 5.41. The molecule has 0 spiro atoms. The second kappa shape index (κ2) is 17.1. The lowest BCUT2D eigenvalue weighted by atomic mass is 9.99. The smallest absolute Gasteiger partial charge is 0.219 e. The van der Waals surface area contributed by atoms with Crippen LogP contribution in [0, 0.1) is 0 Å². The third-order valence-electron chi connectivity index (χ3n) is 10.2. The predicted octanol–water partition coefficient (Wildman–Crippen LogP) is 7.00. The van der Waals surface area contributed by atoms with Gasteiger partial charge in [0.25, 0.3) is 0 Å². The molecule has 2 saturated heterocycles. The largest absolute Gasteiger partial charge is 0.496 e. The predicted molar refractivity (Wildman–Crippen MR) is 206 cm³/mol. The number of likely N-dealkylation sites (tertiary alicyclic amines) is 2. The van der Waals surface area contributed by atoms with E-state index in [1.165, 1.54) is 0 Å². The minimum absolute atomic E-state index is 0.129. The van der Waals surface area contributed by atoms with Crippen LogP contribution in [0.5, 0.6) is 11.6 Å². The molecule has 0 atom stereocenters. The summed E-state index contributed by atoms with van der Waals surface area (Å²) < 4.78 is 11.5. The fourth-order valence-corrected chi connectivity index (χ4v) is 7.71. The van der Waals surface area contributed by atoms with Crippen molar-refractivity contribution in [3.63, 3.8) is 0 Å². The number of amides is 2. The Labute approximate surface area is 315 Å². The highest BCUT2D eigenvalue weighted by Crippen LogP contribution is 2.42. The molecule has 274 valence electrons. The average Bonchev–Trinajstić information content (AvgIpc) is 3.17. The number of benzene rings is 2. The van der Waals surface area contributed by atoms with E-state index in [0.717, 1.165) is 91.0 Å². The molecule has 2 aromatic heterocycles. The number of rotatable bonds is 11. The number of methoxy groups -OCH3 is 2. The van der Waals surface area contributed by atoms with Crippen molar-refractivity contribution in [3.05, 3.63) is 82.0 Å². The van der Waals surface area contributed by atoms with Gasteiger partial charge in [0, 0.05) is 105 Å². The van der Waals surface area contributed by atoms with Gasteiger partial charge >= 0.3 is 0 Å². The van der Waals surface area contributed by atoms with Gasteiger partial charge in [-0.2, -0.15) is 0 Å². The molecule has 0 saturated carbocycles. The second-order valence-corrected chi connectivity index (χ2v) is 14.2. The number of hydrogen-bond donors (Lipinski definition) is 2. The highest BCUT2D eigenvalue weighted by Gasteiger charge is 2.23. The first kappa shape index (κ1) is 37.5. The third kappa shape index (κ3) is 8.52. The molecule has 12 heteroatoms.